The van der Waals surface area contributed by atoms with Crippen LogP contribution >= 0.6 is 0 Å². The van der Waals surface area contributed by atoms with E-state index in [0.29, 0.717) is 0 Å². The second-order valence-electron chi connectivity index (χ2n) is 3.49. The molecule has 1 unspecified atom stereocenters. The molecule has 0 N–H and O–H groups in total. The van der Waals surface area contributed by atoms with Gasteiger partial charge in [0.2, 0.25) is 0 Å². The van der Waals surface area contributed by atoms with Gasteiger partial charge in [-0.1, -0.05) is 37.3 Å². The molecule has 2 heteroatoms. The van der Waals surface area contributed by atoms with Gasteiger partial charge >= 0.3 is 0 Å². The Morgan fingerprint density at radius 2 is 1.93 bits per heavy atom. The first-order chi connectivity index (χ1) is 6.77. The monoisotopic (exact) mass is 193 g/mol. The average molecular weight is 193 g/mol. The van der Waals surface area contributed by atoms with Crippen LogP contribution in [0.1, 0.15) is 18.6 Å². The molecule has 78 valence electrons. The van der Waals surface area contributed by atoms with Crippen molar-refractivity contribution < 1.29 is 4.74 Å². The summed E-state index contributed by atoms with van der Waals surface area (Å²) < 4.78 is 5.47. The van der Waals surface area contributed by atoms with Gasteiger partial charge in [0.25, 0.3) is 0 Å². The van der Waals surface area contributed by atoms with Crippen LogP contribution in [0.5, 0.6) is 0 Å². The largest absolute Gasteiger partial charge is 0.375 e. The molecule has 0 aliphatic rings. The molecule has 0 saturated carbocycles. The van der Waals surface area contributed by atoms with Gasteiger partial charge in [-0.3, -0.25) is 0 Å². The highest BCUT2D eigenvalue weighted by molar-refractivity contribution is 5.17. The minimum atomic E-state index is 0.182. The summed E-state index contributed by atoms with van der Waals surface area (Å²) in [6, 6.07) is 10.3. The Morgan fingerprint density at radius 3 is 2.43 bits per heavy atom. The molecule has 0 aromatic heterocycles. The second kappa shape index (κ2) is 5.78. The van der Waals surface area contributed by atoms with Crippen LogP contribution in [0.3, 0.4) is 0 Å². The molecule has 0 aliphatic carbocycles. The van der Waals surface area contributed by atoms with Crippen LogP contribution < -0.4 is 0 Å². The summed E-state index contributed by atoms with van der Waals surface area (Å²) >= 11 is 0. The molecule has 1 rings (SSSR count). The zero-order valence-corrected chi connectivity index (χ0v) is 9.23. The zero-order chi connectivity index (χ0) is 10.4. The highest BCUT2D eigenvalue weighted by atomic mass is 16.5. The number of hydrogen-bond donors (Lipinski definition) is 0. The molecule has 1 aromatic carbocycles. The SMILES string of the molecule is CCN(C)CC(OC)c1ccccc1. The number of nitrogens with zero attached hydrogens (tertiary/aromatic N) is 1. The van der Waals surface area contributed by atoms with Crippen LogP contribution in [0.15, 0.2) is 30.3 Å². The van der Waals surface area contributed by atoms with Crippen LogP contribution in [-0.4, -0.2) is 32.1 Å². The lowest BCUT2D eigenvalue weighted by atomic mass is 10.1. The maximum Gasteiger partial charge on any atom is 0.0947 e. The Hall–Kier alpha value is -0.860. The summed E-state index contributed by atoms with van der Waals surface area (Å²) in [5.74, 6) is 0. The fourth-order valence-corrected chi connectivity index (χ4v) is 1.40. The van der Waals surface area contributed by atoms with Gasteiger partial charge in [0.1, 0.15) is 0 Å². The van der Waals surface area contributed by atoms with Crippen LogP contribution in [-0.2, 0) is 4.74 Å². The topological polar surface area (TPSA) is 12.5 Å². The lowest BCUT2D eigenvalue weighted by molar-refractivity contribution is 0.0731. The molecule has 0 amide bonds. The third-order valence-corrected chi connectivity index (χ3v) is 2.47. The van der Waals surface area contributed by atoms with Crippen molar-refractivity contribution in [2.24, 2.45) is 0 Å². The van der Waals surface area contributed by atoms with Crippen LogP contribution in [0.4, 0.5) is 0 Å². The minimum absolute atomic E-state index is 0.182. The van der Waals surface area contributed by atoms with Crippen molar-refractivity contribution in [3.05, 3.63) is 35.9 Å². The van der Waals surface area contributed by atoms with Gasteiger partial charge in [0, 0.05) is 13.7 Å². The summed E-state index contributed by atoms with van der Waals surface area (Å²) in [5, 5.41) is 0. The molecule has 0 spiro atoms. The molecule has 14 heavy (non-hydrogen) atoms. The Kier molecular flexibility index (Phi) is 4.63. The maximum absolute atomic E-state index is 5.47. The number of hydrogen-bond acceptors (Lipinski definition) is 2. The highest BCUT2D eigenvalue weighted by Crippen LogP contribution is 2.16. The van der Waals surface area contributed by atoms with Gasteiger partial charge in [-0.2, -0.15) is 0 Å². The third-order valence-electron chi connectivity index (χ3n) is 2.47. The summed E-state index contributed by atoms with van der Waals surface area (Å²) in [6.45, 7) is 4.14. The fraction of sp³-hybridized carbons (Fsp3) is 0.500. The molecule has 0 fully saturated rings. The molecule has 0 bridgehead atoms. The average Bonchev–Trinajstić information content (AvgIpc) is 2.26. The van der Waals surface area contributed by atoms with E-state index in [1.54, 1.807) is 7.11 Å². The number of benzene rings is 1. The van der Waals surface area contributed by atoms with E-state index in [4.69, 9.17) is 4.74 Å². The second-order valence-corrected chi connectivity index (χ2v) is 3.49. The number of methoxy groups -OCH3 is 1. The molecule has 0 radical (unpaired) electrons. The third kappa shape index (κ3) is 3.13. The Morgan fingerprint density at radius 1 is 1.29 bits per heavy atom. The standard InChI is InChI=1S/C12H19NO/c1-4-13(2)10-12(14-3)11-8-6-5-7-9-11/h5-9,12H,4,10H2,1-3H3. The number of rotatable bonds is 5. The van der Waals surface area contributed by atoms with Crippen molar-refractivity contribution in [3.63, 3.8) is 0 Å². The van der Waals surface area contributed by atoms with Gasteiger partial charge in [-0.15, -0.1) is 0 Å². The summed E-state index contributed by atoms with van der Waals surface area (Å²) in [7, 11) is 3.87. The fourth-order valence-electron chi connectivity index (χ4n) is 1.40. The van der Waals surface area contributed by atoms with E-state index >= 15 is 0 Å². The first-order valence-electron chi connectivity index (χ1n) is 5.04. The highest BCUT2D eigenvalue weighted by Gasteiger charge is 2.11. The Labute approximate surface area is 86.5 Å². The molecular weight excluding hydrogens is 174 g/mol. The van der Waals surface area contributed by atoms with Gasteiger partial charge < -0.3 is 9.64 Å². The molecular formula is C12H19NO. The van der Waals surface area contributed by atoms with Crippen molar-refractivity contribution in [1.29, 1.82) is 0 Å². The van der Waals surface area contributed by atoms with Gasteiger partial charge in [0.15, 0.2) is 0 Å². The van der Waals surface area contributed by atoms with Gasteiger partial charge in [-0.25, -0.2) is 0 Å². The van der Waals surface area contributed by atoms with Crippen molar-refractivity contribution in [2.45, 2.75) is 13.0 Å². The van der Waals surface area contributed by atoms with E-state index in [0.717, 1.165) is 13.1 Å². The van der Waals surface area contributed by atoms with E-state index < -0.39 is 0 Å². The normalized spacial score (nSPS) is 13.1. The molecule has 0 heterocycles. The van der Waals surface area contributed by atoms with E-state index in [-0.39, 0.29) is 6.10 Å². The predicted molar refractivity (Wildman–Crippen MR) is 59.4 cm³/mol. The van der Waals surface area contributed by atoms with E-state index in [1.165, 1.54) is 5.56 Å². The van der Waals surface area contributed by atoms with E-state index in [9.17, 15) is 0 Å². The molecule has 0 aliphatic heterocycles. The zero-order valence-electron chi connectivity index (χ0n) is 9.23. The van der Waals surface area contributed by atoms with Crippen molar-refractivity contribution in [1.82, 2.24) is 4.90 Å². The number of ether oxygens (including phenoxy) is 1. The predicted octanol–water partition coefficient (Wildman–Crippen LogP) is 2.33. The molecule has 1 atom stereocenters. The Bertz CT molecular complexity index is 248. The summed E-state index contributed by atoms with van der Waals surface area (Å²) in [6.07, 6.45) is 0.182. The van der Waals surface area contributed by atoms with Crippen molar-refractivity contribution in [3.8, 4) is 0 Å². The lowest BCUT2D eigenvalue weighted by Gasteiger charge is -2.22. The van der Waals surface area contributed by atoms with E-state index in [1.807, 2.05) is 18.2 Å². The molecule has 2 nitrogen and oxygen atoms in total. The lowest BCUT2D eigenvalue weighted by Crippen LogP contribution is -2.25. The first kappa shape index (κ1) is 11.2. The Balaban J connectivity index is 2.63. The summed E-state index contributed by atoms with van der Waals surface area (Å²) in [4.78, 5) is 2.25. The van der Waals surface area contributed by atoms with Crippen LogP contribution in [0, 0.1) is 0 Å². The molecule has 1 aromatic rings. The van der Waals surface area contributed by atoms with E-state index in [2.05, 4.69) is 31.0 Å². The quantitative estimate of drug-likeness (QED) is 0.711. The smallest absolute Gasteiger partial charge is 0.0947 e. The maximum atomic E-state index is 5.47. The summed E-state index contributed by atoms with van der Waals surface area (Å²) in [5.41, 5.74) is 1.25. The van der Waals surface area contributed by atoms with Gasteiger partial charge in [-0.05, 0) is 19.2 Å². The van der Waals surface area contributed by atoms with Crippen LogP contribution in [0.25, 0.3) is 0 Å². The van der Waals surface area contributed by atoms with Crippen molar-refractivity contribution >= 4 is 0 Å². The van der Waals surface area contributed by atoms with Crippen LogP contribution in [0.2, 0.25) is 0 Å². The van der Waals surface area contributed by atoms with Crippen molar-refractivity contribution in [2.75, 3.05) is 27.2 Å². The molecule has 0 saturated heterocycles. The van der Waals surface area contributed by atoms with Gasteiger partial charge in [0.05, 0.1) is 6.10 Å². The number of likely N-dealkylation sites (N-methyl/N-ethyl adjacent to an activating group) is 1. The first-order valence-corrected chi connectivity index (χ1v) is 5.04. The minimum Gasteiger partial charge on any atom is -0.375 e.